The first kappa shape index (κ1) is 14.3. The van der Waals surface area contributed by atoms with E-state index in [2.05, 4.69) is 23.6 Å². The van der Waals surface area contributed by atoms with Crippen molar-refractivity contribution in [3.05, 3.63) is 22.4 Å². The number of rotatable bonds is 5. The van der Waals surface area contributed by atoms with E-state index in [1.165, 1.54) is 4.88 Å². The second-order valence-electron chi connectivity index (χ2n) is 5.27. The van der Waals surface area contributed by atoms with Crippen molar-refractivity contribution in [1.29, 1.82) is 0 Å². The van der Waals surface area contributed by atoms with Gasteiger partial charge in [-0.25, -0.2) is 4.79 Å². The number of carbonyl (C=O) groups is 1. The summed E-state index contributed by atoms with van der Waals surface area (Å²) in [4.78, 5) is 13.0. The van der Waals surface area contributed by atoms with Crippen LogP contribution in [0.4, 0.5) is 4.79 Å². The van der Waals surface area contributed by atoms with Crippen LogP contribution >= 0.6 is 11.3 Å². The van der Waals surface area contributed by atoms with Crippen molar-refractivity contribution in [3.63, 3.8) is 0 Å². The number of thiophene rings is 1. The lowest BCUT2D eigenvalue weighted by atomic mass is 10.1. The van der Waals surface area contributed by atoms with Gasteiger partial charge in [-0.3, -0.25) is 0 Å². The number of carbonyl (C=O) groups excluding carboxylic acids is 1. The van der Waals surface area contributed by atoms with E-state index in [4.69, 9.17) is 0 Å². The number of hydrogen-bond acceptors (Lipinski definition) is 3. The molecule has 0 saturated heterocycles. The lowest BCUT2D eigenvalue weighted by molar-refractivity contribution is 0.132. The Morgan fingerprint density at radius 1 is 1.53 bits per heavy atom. The minimum atomic E-state index is -0.245. The molecule has 1 aromatic rings. The van der Waals surface area contributed by atoms with Crippen molar-refractivity contribution >= 4 is 17.4 Å². The predicted molar refractivity (Wildman–Crippen MR) is 77.5 cm³/mol. The van der Waals surface area contributed by atoms with Crippen LogP contribution in [0.15, 0.2) is 17.5 Å². The summed E-state index contributed by atoms with van der Waals surface area (Å²) in [7, 11) is 0. The van der Waals surface area contributed by atoms with E-state index in [-0.39, 0.29) is 18.1 Å². The standard InChI is InChI=1S/C14H22N2O2S/c1-10(13-6-3-7-19-13)8-15-14(18)16-9-11-4-2-5-12(11)17/h3,6-7,10-12,17H,2,4-5,8-9H2,1H3,(H2,15,16,18)/t10-,11+,12-/m1/s1. The highest BCUT2D eigenvalue weighted by Crippen LogP contribution is 2.24. The third kappa shape index (κ3) is 4.21. The van der Waals surface area contributed by atoms with Crippen LogP contribution in [-0.2, 0) is 0 Å². The van der Waals surface area contributed by atoms with Crippen molar-refractivity contribution in [1.82, 2.24) is 10.6 Å². The minimum Gasteiger partial charge on any atom is -0.393 e. The summed E-state index contributed by atoms with van der Waals surface area (Å²) in [5, 5.41) is 17.5. The summed E-state index contributed by atoms with van der Waals surface area (Å²) in [6.45, 7) is 3.31. The van der Waals surface area contributed by atoms with E-state index in [0.717, 1.165) is 19.3 Å². The normalized spacial score (nSPS) is 24.1. The summed E-state index contributed by atoms with van der Waals surface area (Å²) < 4.78 is 0. The number of urea groups is 1. The quantitative estimate of drug-likeness (QED) is 0.776. The fraction of sp³-hybridized carbons (Fsp3) is 0.643. The maximum Gasteiger partial charge on any atom is 0.314 e. The topological polar surface area (TPSA) is 61.4 Å². The van der Waals surface area contributed by atoms with Crippen molar-refractivity contribution in [3.8, 4) is 0 Å². The second-order valence-corrected chi connectivity index (χ2v) is 6.24. The second kappa shape index (κ2) is 6.91. The van der Waals surface area contributed by atoms with Gasteiger partial charge in [-0.2, -0.15) is 0 Å². The molecule has 0 radical (unpaired) electrons. The summed E-state index contributed by atoms with van der Waals surface area (Å²) in [6, 6.07) is 3.98. The largest absolute Gasteiger partial charge is 0.393 e. The monoisotopic (exact) mass is 282 g/mol. The zero-order chi connectivity index (χ0) is 13.7. The molecular weight excluding hydrogens is 260 g/mol. The number of aliphatic hydroxyl groups excluding tert-OH is 1. The molecule has 1 heterocycles. The first-order valence-corrected chi connectivity index (χ1v) is 7.78. The molecule has 1 fully saturated rings. The molecule has 106 valence electrons. The van der Waals surface area contributed by atoms with Gasteiger partial charge in [0.2, 0.25) is 0 Å². The number of hydrogen-bond donors (Lipinski definition) is 3. The molecule has 19 heavy (non-hydrogen) atoms. The van der Waals surface area contributed by atoms with E-state index >= 15 is 0 Å². The highest BCUT2D eigenvalue weighted by atomic mass is 32.1. The lowest BCUT2D eigenvalue weighted by Gasteiger charge is -2.16. The molecular formula is C14H22N2O2S. The maximum absolute atomic E-state index is 11.7. The third-order valence-electron chi connectivity index (χ3n) is 3.74. The zero-order valence-corrected chi connectivity index (χ0v) is 12.1. The Morgan fingerprint density at radius 2 is 2.37 bits per heavy atom. The van der Waals surface area contributed by atoms with Crippen LogP contribution in [0, 0.1) is 5.92 Å². The molecule has 1 saturated carbocycles. The Hall–Kier alpha value is -1.07. The van der Waals surface area contributed by atoms with Crippen molar-refractivity contribution < 1.29 is 9.90 Å². The van der Waals surface area contributed by atoms with Gasteiger partial charge in [-0.15, -0.1) is 11.3 Å². The first-order chi connectivity index (χ1) is 9.16. The summed E-state index contributed by atoms with van der Waals surface area (Å²) in [5.41, 5.74) is 0. The first-order valence-electron chi connectivity index (χ1n) is 6.90. The molecule has 1 aliphatic carbocycles. The van der Waals surface area contributed by atoms with E-state index in [1.54, 1.807) is 11.3 Å². The summed E-state index contributed by atoms with van der Waals surface area (Å²) in [5.74, 6) is 0.559. The van der Waals surface area contributed by atoms with E-state index in [9.17, 15) is 9.90 Å². The Kier molecular flexibility index (Phi) is 5.22. The van der Waals surface area contributed by atoms with Gasteiger partial charge >= 0.3 is 6.03 Å². The van der Waals surface area contributed by atoms with E-state index in [0.29, 0.717) is 19.0 Å². The smallest absolute Gasteiger partial charge is 0.314 e. The van der Waals surface area contributed by atoms with Gasteiger partial charge in [-0.1, -0.05) is 19.4 Å². The molecule has 0 bridgehead atoms. The number of amides is 2. The van der Waals surface area contributed by atoms with Gasteiger partial charge in [0, 0.05) is 29.8 Å². The molecule has 5 heteroatoms. The summed E-state index contributed by atoms with van der Waals surface area (Å²) >= 11 is 1.71. The Morgan fingerprint density at radius 3 is 3.00 bits per heavy atom. The van der Waals surface area contributed by atoms with Gasteiger partial charge in [-0.05, 0) is 24.3 Å². The molecule has 1 aromatic heterocycles. The van der Waals surface area contributed by atoms with Crippen LogP contribution in [0.1, 0.15) is 37.0 Å². The SMILES string of the molecule is C[C@H](CNC(=O)NC[C@@H]1CCC[C@H]1O)c1cccs1. The molecule has 3 atom stereocenters. The average molecular weight is 282 g/mol. The Balaban J connectivity index is 1.64. The van der Waals surface area contributed by atoms with Gasteiger partial charge < -0.3 is 15.7 Å². The van der Waals surface area contributed by atoms with Crippen LogP contribution in [0.25, 0.3) is 0 Å². The van der Waals surface area contributed by atoms with Crippen LogP contribution in [0.5, 0.6) is 0 Å². The lowest BCUT2D eigenvalue weighted by Crippen LogP contribution is -2.40. The Bertz CT molecular complexity index is 394. The van der Waals surface area contributed by atoms with Gasteiger partial charge in [0.25, 0.3) is 0 Å². The molecule has 1 aliphatic rings. The van der Waals surface area contributed by atoms with Crippen molar-refractivity contribution in [2.45, 2.75) is 38.2 Å². The van der Waals surface area contributed by atoms with Gasteiger partial charge in [0.15, 0.2) is 0 Å². The molecule has 0 unspecified atom stereocenters. The number of aliphatic hydroxyl groups is 1. The highest BCUT2D eigenvalue weighted by Gasteiger charge is 2.25. The fourth-order valence-corrected chi connectivity index (χ4v) is 3.25. The third-order valence-corrected chi connectivity index (χ3v) is 4.85. The van der Waals surface area contributed by atoms with Crippen molar-refractivity contribution in [2.24, 2.45) is 5.92 Å². The van der Waals surface area contributed by atoms with Crippen LogP contribution < -0.4 is 10.6 Å². The average Bonchev–Trinajstić information content (AvgIpc) is 3.05. The Labute approximate surface area is 118 Å². The van der Waals surface area contributed by atoms with Crippen LogP contribution in [0.3, 0.4) is 0 Å². The molecule has 2 amide bonds. The number of nitrogens with one attached hydrogen (secondary N) is 2. The van der Waals surface area contributed by atoms with Gasteiger partial charge in [0.1, 0.15) is 0 Å². The molecule has 0 aliphatic heterocycles. The molecule has 3 N–H and O–H groups in total. The minimum absolute atomic E-state index is 0.137. The highest BCUT2D eigenvalue weighted by molar-refractivity contribution is 7.10. The van der Waals surface area contributed by atoms with E-state index in [1.807, 2.05) is 11.4 Å². The predicted octanol–water partition coefficient (Wildman–Crippen LogP) is 2.31. The fourth-order valence-electron chi connectivity index (χ4n) is 2.46. The van der Waals surface area contributed by atoms with E-state index < -0.39 is 0 Å². The molecule has 2 rings (SSSR count). The summed E-state index contributed by atoms with van der Waals surface area (Å²) in [6.07, 6.45) is 2.69. The van der Waals surface area contributed by atoms with Gasteiger partial charge in [0.05, 0.1) is 6.10 Å². The van der Waals surface area contributed by atoms with Crippen LogP contribution in [-0.4, -0.2) is 30.3 Å². The zero-order valence-electron chi connectivity index (χ0n) is 11.3. The molecule has 0 spiro atoms. The molecule has 4 nitrogen and oxygen atoms in total. The molecule has 0 aromatic carbocycles. The van der Waals surface area contributed by atoms with Crippen molar-refractivity contribution in [2.75, 3.05) is 13.1 Å². The van der Waals surface area contributed by atoms with Crippen LogP contribution in [0.2, 0.25) is 0 Å². The maximum atomic E-state index is 11.7.